The summed E-state index contributed by atoms with van der Waals surface area (Å²) in [5.74, 6) is -1.74. The van der Waals surface area contributed by atoms with Crippen molar-refractivity contribution in [3.8, 4) is 5.75 Å². The first-order valence-corrected chi connectivity index (χ1v) is 9.01. The van der Waals surface area contributed by atoms with Gasteiger partial charge in [-0.15, -0.1) is 0 Å². The number of hydrogen-bond acceptors (Lipinski definition) is 6. The number of ether oxygens (including phenoxy) is 1. The zero-order valence-corrected chi connectivity index (χ0v) is 16.2. The van der Waals surface area contributed by atoms with E-state index < -0.39 is 35.0 Å². The number of nitrogens with one attached hydrogen (secondary N) is 1. The van der Waals surface area contributed by atoms with Crippen molar-refractivity contribution >= 4 is 39.7 Å². The van der Waals surface area contributed by atoms with Crippen molar-refractivity contribution in [3.63, 3.8) is 0 Å². The van der Waals surface area contributed by atoms with E-state index in [-0.39, 0.29) is 30.2 Å². The van der Waals surface area contributed by atoms with Gasteiger partial charge in [0.2, 0.25) is 5.75 Å². The number of aliphatic hydroxyl groups excluding tert-OH is 2. The lowest BCUT2D eigenvalue weighted by Crippen LogP contribution is -2.13. The Labute approximate surface area is 167 Å². The molecular formula is C17H17F2IN2O5. The Balaban J connectivity index is 2.26. The Morgan fingerprint density at radius 1 is 1.26 bits per heavy atom. The maximum Gasteiger partial charge on any atom is 0.334 e. The van der Waals surface area contributed by atoms with Crippen LogP contribution in [0.25, 0.3) is 0 Å². The summed E-state index contributed by atoms with van der Waals surface area (Å²) in [6, 6.07) is 5.98. The fraction of sp³-hybridized carbons (Fsp3) is 0.294. The molecule has 0 amide bonds. The second kappa shape index (κ2) is 9.76. The first kappa shape index (κ1) is 21.3. The average molecular weight is 494 g/mol. The monoisotopic (exact) mass is 494 g/mol. The highest BCUT2D eigenvalue weighted by Crippen LogP contribution is 2.38. The van der Waals surface area contributed by atoms with Gasteiger partial charge < -0.3 is 20.3 Å². The topological polar surface area (TPSA) is 105 Å². The number of aliphatic hydroxyl groups is 2. The molecule has 0 aliphatic carbocycles. The predicted molar refractivity (Wildman–Crippen MR) is 103 cm³/mol. The van der Waals surface area contributed by atoms with Gasteiger partial charge >= 0.3 is 5.69 Å². The minimum Gasteiger partial charge on any atom is -0.487 e. The van der Waals surface area contributed by atoms with E-state index in [9.17, 15) is 24.0 Å². The predicted octanol–water partition coefficient (Wildman–Crippen LogP) is 3.73. The molecule has 0 aromatic heterocycles. The van der Waals surface area contributed by atoms with Crippen LogP contribution in [0.4, 0.5) is 25.8 Å². The molecule has 0 spiro atoms. The van der Waals surface area contributed by atoms with Crippen LogP contribution in [-0.2, 0) is 0 Å². The van der Waals surface area contributed by atoms with Crippen LogP contribution in [-0.4, -0.2) is 34.5 Å². The fourth-order valence-corrected chi connectivity index (χ4v) is 2.75. The van der Waals surface area contributed by atoms with Crippen molar-refractivity contribution in [2.24, 2.45) is 0 Å². The zero-order valence-electron chi connectivity index (χ0n) is 14.0. The van der Waals surface area contributed by atoms with E-state index in [1.807, 2.05) is 22.6 Å². The summed E-state index contributed by atoms with van der Waals surface area (Å²) in [5, 5.41) is 32.0. The number of rotatable bonds is 9. The van der Waals surface area contributed by atoms with E-state index in [2.05, 4.69) is 5.32 Å². The van der Waals surface area contributed by atoms with Crippen LogP contribution in [0.15, 0.2) is 30.3 Å². The van der Waals surface area contributed by atoms with Gasteiger partial charge in [0.1, 0.15) is 17.3 Å². The summed E-state index contributed by atoms with van der Waals surface area (Å²) in [6.07, 6.45) is -0.403. The molecule has 0 radical (unpaired) electrons. The molecule has 0 aliphatic heterocycles. The molecule has 27 heavy (non-hydrogen) atoms. The molecule has 0 saturated carbocycles. The lowest BCUT2D eigenvalue weighted by Gasteiger charge is -2.13. The van der Waals surface area contributed by atoms with Gasteiger partial charge in [0.25, 0.3) is 0 Å². The Morgan fingerprint density at radius 3 is 2.63 bits per heavy atom. The highest BCUT2D eigenvalue weighted by atomic mass is 127. The van der Waals surface area contributed by atoms with E-state index >= 15 is 0 Å². The normalized spacial score (nSPS) is 11.9. The molecule has 1 atom stereocenters. The van der Waals surface area contributed by atoms with Gasteiger partial charge in [-0.3, -0.25) is 10.1 Å². The fourth-order valence-electron chi connectivity index (χ4n) is 2.30. The molecule has 0 heterocycles. The minimum absolute atomic E-state index is 0.0291. The summed E-state index contributed by atoms with van der Waals surface area (Å²) in [5.41, 5.74) is -0.816. The Bertz CT molecular complexity index is 822. The second-order valence-electron chi connectivity index (χ2n) is 5.63. The smallest absolute Gasteiger partial charge is 0.334 e. The van der Waals surface area contributed by atoms with Crippen molar-refractivity contribution < 1.29 is 28.7 Å². The molecule has 2 aromatic carbocycles. The quantitative estimate of drug-likeness (QED) is 0.213. The van der Waals surface area contributed by atoms with Gasteiger partial charge in [0.05, 0.1) is 29.9 Å². The molecule has 10 heteroatoms. The van der Waals surface area contributed by atoms with E-state index in [4.69, 9.17) is 9.84 Å². The summed E-state index contributed by atoms with van der Waals surface area (Å²) >= 11 is 1.92. The summed E-state index contributed by atoms with van der Waals surface area (Å²) in [4.78, 5) is 10.7. The molecule has 0 unspecified atom stereocenters. The van der Waals surface area contributed by atoms with Crippen molar-refractivity contribution in [2.75, 3.05) is 18.5 Å². The van der Waals surface area contributed by atoms with Crippen LogP contribution in [0, 0.1) is 25.3 Å². The van der Waals surface area contributed by atoms with Gasteiger partial charge in [0, 0.05) is 15.7 Å². The molecule has 0 bridgehead atoms. The molecule has 2 aromatic rings. The number of hydrogen-bond donors (Lipinski definition) is 3. The largest absolute Gasteiger partial charge is 0.487 e. The Morgan fingerprint density at radius 2 is 2.00 bits per heavy atom. The number of nitrogens with zero attached hydrogens (tertiary/aromatic N) is 1. The number of benzene rings is 2. The van der Waals surface area contributed by atoms with E-state index in [0.717, 1.165) is 12.1 Å². The maximum absolute atomic E-state index is 14.0. The van der Waals surface area contributed by atoms with Crippen LogP contribution in [0.3, 0.4) is 0 Å². The lowest BCUT2D eigenvalue weighted by molar-refractivity contribution is -0.385. The first-order chi connectivity index (χ1) is 12.8. The van der Waals surface area contributed by atoms with Gasteiger partial charge in [0.15, 0.2) is 0 Å². The Hall–Kier alpha value is -2.05. The van der Waals surface area contributed by atoms with Gasteiger partial charge in [-0.25, -0.2) is 8.78 Å². The number of nitro groups is 1. The van der Waals surface area contributed by atoms with Crippen molar-refractivity contribution in [1.82, 2.24) is 0 Å². The molecule has 2 rings (SSSR count). The summed E-state index contributed by atoms with van der Waals surface area (Å²) < 4.78 is 33.9. The summed E-state index contributed by atoms with van der Waals surface area (Å²) in [6.45, 7) is -0.436. The zero-order chi connectivity index (χ0) is 20.0. The summed E-state index contributed by atoms with van der Waals surface area (Å²) in [7, 11) is 0. The molecule has 0 fully saturated rings. The number of anilines is 2. The highest BCUT2D eigenvalue weighted by Gasteiger charge is 2.24. The van der Waals surface area contributed by atoms with Crippen molar-refractivity contribution in [3.05, 3.63) is 55.7 Å². The third-order valence-corrected chi connectivity index (χ3v) is 4.24. The van der Waals surface area contributed by atoms with Crippen LogP contribution in [0.1, 0.15) is 12.8 Å². The minimum atomic E-state index is -0.919. The van der Waals surface area contributed by atoms with Crippen LogP contribution in [0.5, 0.6) is 5.75 Å². The highest BCUT2D eigenvalue weighted by molar-refractivity contribution is 14.1. The van der Waals surface area contributed by atoms with Gasteiger partial charge in [-0.05, 0) is 53.6 Å². The maximum atomic E-state index is 14.0. The third-order valence-electron chi connectivity index (χ3n) is 3.57. The molecular weight excluding hydrogens is 477 g/mol. The van der Waals surface area contributed by atoms with Gasteiger partial charge in [-0.1, -0.05) is 0 Å². The average Bonchev–Trinajstić information content (AvgIpc) is 2.60. The SMILES string of the molecule is O=[N+]([O-])c1c(Nc2ccc(I)cc2F)cc(F)cc1OCCC[C@H](O)CO. The molecule has 3 N–H and O–H groups in total. The molecule has 0 aliphatic rings. The molecule has 146 valence electrons. The van der Waals surface area contributed by atoms with Crippen molar-refractivity contribution in [1.29, 1.82) is 0 Å². The molecule has 0 saturated heterocycles. The van der Waals surface area contributed by atoms with E-state index in [0.29, 0.717) is 9.99 Å². The van der Waals surface area contributed by atoms with Crippen LogP contribution in [0.2, 0.25) is 0 Å². The Kier molecular flexibility index (Phi) is 7.68. The molecule has 7 nitrogen and oxygen atoms in total. The van der Waals surface area contributed by atoms with E-state index in [1.54, 1.807) is 6.07 Å². The lowest BCUT2D eigenvalue weighted by atomic mass is 10.2. The third kappa shape index (κ3) is 5.97. The number of halogens is 3. The standard InChI is InChI=1S/C17H17F2IN2O5/c18-10-6-15(21-14-4-3-11(20)8-13(14)19)17(22(25)26)16(7-10)27-5-1-2-12(24)9-23/h3-4,6-8,12,21,23-24H,1-2,5,9H2/t12-/m0/s1. The number of nitro benzene ring substituents is 1. The second-order valence-corrected chi connectivity index (χ2v) is 6.88. The first-order valence-electron chi connectivity index (χ1n) is 7.93. The van der Waals surface area contributed by atoms with Crippen LogP contribution < -0.4 is 10.1 Å². The van der Waals surface area contributed by atoms with Gasteiger partial charge in [-0.2, -0.15) is 0 Å². The van der Waals surface area contributed by atoms with Crippen molar-refractivity contribution in [2.45, 2.75) is 18.9 Å². The van der Waals surface area contributed by atoms with E-state index in [1.165, 1.54) is 12.1 Å². The van der Waals surface area contributed by atoms with Crippen LogP contribution >= 0.6 is 22.6 Å².